The number of amides is 1. The third-order valence-corrected chi connectivity index (χ3v) is 3.46. The molecule has 0 aliphatic carbocycles. The molecule has 1 fully saturated rings. The van der Waals surface area contributed by atoms with Crippen molar-refractivity contribution in [2.45, 2.75) is 6.42 Å². The second-order valence-corrected chi connectivity index (χ2v) is 4.84. The normalized spacial score (nSPS) is 14.6. The number of carbonyl (C=O) groups excluding carboxylic acids is 1. The van der Waals surface area contributed by atoms with Crippen molar-refractivity contribution in [1.82, 2.24) is 24.8 Å². The molecule has 1 aliphatic heterocycles. The van der Waals surface area contributed by atoms with Gasteiger partial charge in [0.1, 0.15) is 15.8 Å². The smallest absolute Gasteiger partial charge is 0.383 e. The molecule has 0 spiro atoms. The molecule has 2 aromatic rings. The largest absolute Gasteiger partial charge is 0.436 e. The van der Waals surface area contributed by atoms with E-state index in [1.807, 2.05) is 22.6 Å². The summed E-state index contributed by atoms with van der Waals surface area (Å²) in [6.45, 7) is 1.43. The number of halogens is 1. The van der Waals surface area contributed by atoms with Crippen LogP contribution in [-0.4, -0.2) is 44.0 Å². The first-order valence-corrected chi connectivity index (χ1v) is 6.36. The molecular formula is C9H9IN6O2. The molecular weight excluding hydrogens is 351 g/mol. The standard InChI is InChI=1S/C9H9IN6O2/c10-6-5-7(11)12-4-13-8(5)16(14-6)18-9(17)15-2-1-3-15/h4H,1-3H2,(H2,11,12,13). The summed E-state index contributed by atoms with van der Waals surface area (Å²) in [5.41, 5.74) is 6.13. The number of hydrogen-bond donors (Lipinski definition) is 1. The van der Waals surface area contributed by atoms with E-state index in [1.165, 1.54) is 6.33 Å². The van der Waals surface area contributed by atoms with Gasteiger partial charge in [0.05, 0.1) is 5.39 Å². The highest BCUT2D eigenvalue weighted by molar-refractivity contribution is 14.1. The van der Waals surface area contributed by atoms with Gasteiger partial charge in [-0.1, -0.05) is 4.85 Å². The fourth-order valence-electron chi connectivity index (χ4n) is 1.60. The van der Waals surface area contributed by atoms with Crippen LogP contribution < -0.4 is 10.6 Å². The van der Waals surface area contributed by atoms with Crippen LogP contribution in [0.2, 0.25) is 0 Å². The van der Waals surface area contributed by atoms with Crippen molar-refractivity contribution in [2.24, 2.45) is 0 Å². The highest BCUT2D eigenvalue weighted by Gasteiger charge is 2.24. The summed E-state index contributed by atoms with van der Waals surface area (Å²) >= 11 is 2.00. The van der Waals surface area contributed by atoms with E-state index < -0.39 is 6.09 Å². The van der Waals surface area contributed by atoms with Crippen molar-refractivity contribution >= 4 is 45.5 Å². The number of nitrogen functional groups attached to an aromatic ring is 1. The maximum Gasteiger partial charge on any atom is 0.436 e. The first kappa shape index (κ1) is 11.4. The van der Waals surface area contributed by atoms with Gasteiger partial charge in [0.2, 0.25) is 5.65 Å². The molecule has 0 saturated carbocycles. The van der Waals surface area contributed by atoms with Crippen molar-refractivity contribution < 1.29 is 9.63 Å². The predicted octanol–water partition coefficient (Wildman–Crippen LogP) is 0.267. The minimum Gasteiger partial charge on any atom is -0.383 e. The van der Waals surface area contributed by atoms with Crippen molar-refractivity contribution in [3.8, 4) is 0 Å². The Morgan fingerprint density at radius 1 is 1.44 bits per heavy atom. The summed E-state index contributed by atoms with van der Waals surface area (Å²) in [6, 6.07) is 0. The Labute approximate surface area is 115 Å². The minimum atomic E-state index is -0.431. The number of carbonyl (C=O) groups is 1. The molecule has 8 nitrogen and oxygen atoms in total. The van der Waals surface area contributed by atoms with Gasteiger partial charge in [-0.2, -0.15) is 0 Å². The van der Waals surface area contributed by atoms with Crippen molar-refractivity contribution in [2.75, 3.05) is 18.8 Å². The second kappa shape index (κ2) is 4.23. The second-order valence-electron chi connectivity index (χ2n) is 3.82. The molecule has 94 valence electrons. The van der Waals surface area contributed by atoms with Crippen LogP contribution in [0.25, 0.3) is 11.0 Å². The summed E-state index contributed by atoms with van der Waals surface area (Å²) in [4.78, 5) is 27.4. The molecule has 2 N–H and O–H groups in total. The molecule has 9 heteroatoms. The van der Waals surface area contributed by atoms with E-state index in [-0.39, 0.29) is 0 Å². The van der Waals surface area contributed by atoms with Gasteiger partial charge in [-0.15, -0.1) is 5.10 Å². The van der Waals surface area contributed by atoms with E-state index in [9.17, 15) is 4.79 Å². The van der Waals surface area contributed by atoms with Gasteiger partial charge in [-0.3, -0.25) is 4.84 Å². The number of rotatable bonds is 1. The molecule has 0 unspecified atom stereocenters. The van der Waals surface area contributed by atoms with Gasteiger partial charge < -0.3 is 10.6 Å². The molecule has 0 atom stereocenters. The molecule has 0 radical (unpaired) electrons. The van der Waals surface area contributed by atoms with Crippen LogP contribution in [0.1, 0.15) is 6.42 Å². The Kier molecular flexibility index (Phi) is 2.69. The Morgan fingerprint density at radius 3 is 2.89 bits per heavy atom. The summed E-state index contributed by atoms with van der Waals surface area (Å²) in [7, 11) is 0. The zero-order valence-corrected chi connectivity index (χ0v) is 11.4. The molecule has 18 heavy (non-hydrogen) atoms. The Balaban J connectivity index is 1.97. The van der Waals surface area contributed by atoms with Gasteiger partial charge in [0.25, 0.3) is 0 Å². The SMILES string of the molecule is Nc1ncnc2c1c(I)nn2OC(=O)N1CCC1. The van der Waals surface area contributed by atoms with E-state index in [1.54, 1.807) is 4.90 Å². The van der Waals surface area contributed by atoms with Gasteiger partial charge in [0.15, 0.2) is 0 Å². The third kappa shape index (κ3) is 1.74. The first-order chi connectivity index (χ1) is 8.66. The highest BCUT2D eigenvalue weighted by atomic mass is 127. The van der Waals surface area contributed by atoms with Crippen molar-refractivity contribution in [3.05, 3.63) is 10.0 Å². The summed E-state index contributed by atoms with van der Waals surface area (Å²) < 4.78 is 0.595. The Morgan fingerprint density at radius 2 is 2.22 bits per heavy atom. The van der Waals surface area contributed by atoms with Crippen LogP contribution in [0.4, 0.5) is 10.6 Å². The monoisotopic (exact) mass is 360 g/mol. The molecule has 0 bridgehead atoms. The summed E-state index contributed by atoms with van der Waals surface area (Å²) in [5.74, 6) is 0.315. The van der Waals surface area contributed by atoms with E-state index in [4.69, 9.17) is 10.6 Å². The van der Waals surface area contributed by atoms with Crippen LogP contribution in [0.5, 0.6) is 0 Å². The number of nitrogens with two attached hydrogens (primary N) is 1. The van der Waals surface area contributed by atoms with E-state index in [0.717, 1.165) is 11.3 Å². The average Bonchev–Trinajstić information content (AvgIpc) is 2.54. The van der Waals surface area contributed by atoms with Crippen LogP contribution in [0, 0.1) is 3.70 Å². The van der Waals surface area contributed by atoms with Crippen LogP contribution >= 0.6 is 22.6 Å². The summed E-state index contributed by atoms with van der Waals surface area (Å²) in [5, 5.41) is 4.67. The first-order valence-electron chi connectivity index (χ1n) is 5.29. The Hall–Kier alpha value is -1.65. The topological polar surface area (TPSA) is 99.2 Å². The zero-order chi connectivity index (χ0) is 12.7. The number of nitrogens with zero attached hydrogens (tertiary/aromatic N) is 5. The fourth-order valence-corrected chi connectivity index (χ4v) is 2.32. The molecule has 0 aromatic carbocycles. The Bertz CT molecular complexity index is 623. The quantitative estimate of drug-likeness (QED) is 0.733. The number of fused-ring (bicyclic) bond motifs is 1. The summed E-state index contributed by atoms with van der Waals surface area (Å²) in [6.07, 6.45) is 1.88. The van der Waals surface area contributed by atoms with E-state index in [0.29, 0.717) is 33.6 Å². The third-order valence-electron chi connectivity index (χ3n) is 2.70. The van der Waals surface area contributed by atoms with Gasteiger partial charge in [0, 0.05) is 13.1 Å². The van der Waals surface area contributed by atoms with Crippen LogP contribution in [0.3, 0.4) is 0 Å². The lowest BCUT2D eigenvalue weighted by Crippen LogP contribution is -2.45. The maximum absolute atomic E-state index is 11.7. The van der Waals surface area contributed by atoms with Gasteiger partial charge in [-0.05, 0) is 29.0 Å². The lowest BCUT2D eigenvalue weighted by atomic mass is 10.2. The van der Waals surface area contributed by atoms with Gasteiger partial charge >= 0.3 is 6.09 Å². The minimum absolute atomic E-state index is 0.315. The fraction of sp³-hybridized carbons (Fsp3) is 0.333. The molecule has 1 aliphatic rings. The molecule has 2 aromatic heterocycles. The highest BCUT2D eigenvalue weighted by Crippen LogP contribution is 2.21. The maximum atomic E-state index is 11.7. The van der Waals surface area contributed by atoms with E-state index in [2.05, 4.69) is 15.1 Å². The average molecular weight is 360 g/mol. The zero-order valence-electron chi connectivity index (χ0n) is 9.21. The molecule has 1 amide bonds. The number of aromatic nitrogens is 4. The van der Waals surface area contributed by atoms with Gasteiger partial charge in [-0.25, -0.2) is 14.8 Å². The predicted molar refractivity (Wildman–Crippen MR) is 70.6 cm³/mol. The van der Waals surface area contributed by atoms with Crippen molar-refractivity contribution in [3.63, 3.8) is 0 Å². The molecule has 3 heterocycles. The number of hydrogen-bond acceptors (Lipinski definition) is 6. The van der Waals surface area contributed by atoms with Crippen LogP contribution in [-0.2, 0) is 0 Å². The van der Waals surface area contributed by atoms with E-state index >= 15 is 0 Å². The number of anilines is 1. The molecule has 3 rings (SSSR count). The number of likely N-dealkylation sites (tertiary alicyclic amines) is 1. The lowest BCUT2D eigenvalue weighted by Gasteiger charge is -2.28. The van der Waals surface area contributed by atoms with Crippen molar-refractivity contribution in [1.29, 1.82) is 0 Å². The molecule has 1 saturated heterocycles. The lowest BCUT2D eigenvalue weighted by molar-refractivity contribution is 0.0643. The van der Waals surface area contributed by atoms with Crippen LogP contribution in [0.15, 0.2) is 6.33 Å².